The van der Waals surface area contributed by atoms with Crippen LogP contribution in [0.1, 0.15) is 10.5 Å². The lowest BCUT2D eigenvalue weighted by atomic mass is 10.2. The van der Waals surface area contributed by atoms with Gasteiger partial charge in [0.15, 0.2) is 0 Å². The molecule has 0 saturated carbocycles. The molecule has 1 aromatic heterocycles. The maximum absolute atomic E-state index is 13.2. The summed E-state index contributed by atoms with van der Waals surface area (Å²) in [6.45, 7) is 2.54. The zero-order chi connectivity index (χ0) is 17.4. The second kappa shape index (κ2) is 6.12. The molecular formula is C19H19FN4O. The Labute approximate surface area is 144 Å². The molecule has 1 aliphatic rings. The van der Waals surface area contributed by atoms with Gasteiger partial charge in [-0.3, -0.25) is 4.79 Å². The van der Waals surface area contributed by atoms with E-state index in [0.29, 0.717) is 37.6 Å². The van der Waals surface area contributed by atoms with E-state index in [0.717, 1.165) is 16.6 Å². The Morgan fingerprint density at radius 1 is 1.04 bits per heavy atom. The highest BCUT2D eigenvalue weighted by atomic mass is 19.1. The number of nitrogens with one attached hydrogen (secondary N) is 1. The first-order valence-electron chi connectivity index (χ1n) is 8.29. The number of rotatable bonds is 2. The third-order valence-electron chi connectivity index (χ3n) is 4.66. The lowest BCUT2D eigenvalue weighted by Gasteiger charge is -2.36. The predicted molar refractivity (Wildman–Crippen MR) is 97.2 cm³/mol. The van der Waals surface area contributed by atoms with Gasteiger partial charge in [0.2, 0.25) is 0 Å². The van der Waals surface area contributed by atoms with Gasteiger partial charge in [-0.2, -0.15) is 0 Å². The molecule has 0 atom stereocenters. The number of carbonyl (C=O) groups excluding carboxylic acids is 1. The Morgan fingerprint density at radius 3 is 2.52 bits per heavy atom. The van der Waals surface area contributed by atoms with E-state index in [9.17, 15) is 9.18 Å². The minimum atomic E-state index is -0.339. The van der Waals surface area contributed by atoms with Gasteiger partial charge in [-0.1, -0.05) is 18.2 Å². The van der Waals surface area contributed by atoms with Crippen molar-refractivity contribution in [3.8, 4) is 0 Å². The molecule has 4 rings (SSSR count). The van der Waals surface area contributed by atoms with Gasteiger partial charge in [0.25, 0.3) is 5.91 Å². The predicted octanol–water partition coefficient (Wildman–Crippen LogP) is 2.85. The third kappa shape index (κ3) is 2.91. The number of aromatic amines is 1. The highest BCUT2D eigenvalue weighted by molar-refractivity contribution is 5.98. The van der Waals surface area contributed by atoms with Gasteiger partial charge in [0.1, 0.15) is 11.5 Å². The minimum absolute atomic E-state index is 0.00271. The van der Waals surface area contributed by atoms with Crippen molar-refractivity contribution in [2.45, 2.75) is 0 Å². The Hall–Kier alpha value is -3.02. The molecule has 25 heavy (non-hydrogen) atoms. The Balaban J connectivity index is 1.46. The Kier molecular flexibility index (Phi) is 3.80. The highest BCUT2D eigenvalue weighted by Crippen LogP contribution is 2.25. The van der Waals surface area contributed by atoms with Crippen LogP contribution in [0.3, 0.4) is 0 Å². The number of halogens is 1. The van der Waals surface area contributed by atoms with Gasteiger partial charge in [-0.25, -0.2) is 4.39 Å². The number of nitrogen functional groups attached to an aromatic ring is 1. The largest absolute Gasteiger partial charge is 0.397 e. The molecule has 5 nitrogen and oxygen atoms in total. The van der Waals surface area contributed by atoms with E-state index in [1.165, 1.54) is 12.1 Å². The average Bonchev–Trinajstić information content (AvgIpc) is 3.05. The van der Waals surface area contributed by atoms with E-state index in [2.05, 4.69) is 9.88 Å². The average molecular weight is 338 g/mol. The minimum Gasteiger partial charge on any atom is -0.397 e. The van der Waals surface area contributed by atoms with Crippen molar-refractivity contribution in [3.63, 3.8) is 0 Å². The van der Waals surface area contributed by atoms with Crippen LogP contribution in [0.5, 0.6) is 0 Å². The number of amides is 1. The van der Waals surface area contributed by atoms with Gasteiger partial charge in [-0.15, -0.1) is 0 Å². The van der Waals surface area contributed by atoms with Crippen LogP contribution in [-0.4, -0.2) is 42.0 Å². The fraction of sp³-hybridized carbons (Fsp3) is 0.211. The van der Waals surface area contributed by atoms with Crippen molar-refractivity contribution in [2.24, 2.45) is 0 Å². The Bertz CT molecular complexity index is 895. The molecular weight excluding hydrogens is 319 g/mol. The molecule has 6 heteroatoms. The number of H-pyrrole nitrogens is 1. The van der Waals surface area contributed by atoms with Crippen LogP contribution in [0, 0.1) is 5.82 Å². The summed E-state index contributed by atoms with van der Waals surface area (Å²) in [4.78, 5) is 19.8. The molecule has 0 spiro atoms. The molecule has 2 heterocycles. The zero-order valence-electron chi connectivity index (χ0n) is 13.7. The van der Waals surface area contributed by atoms with E-state index < -0.39 is 0 Å². The van der Waals surface area contributed by atoms with Crippen LogP contribution in [0.25, 0.3) is 10.9 Å². The molecule has 2 aromatic carbocycles. The van der Waals surface area contributed by atoms with E-state index in [1.807, 2.05) is 35.2 Å². The highest BCUT2D eigenvalue weighted by Gasteiger charge is 2.24. The van der Waals surface area contributed by atoms with Crippen molar-refractivity contribution >= 4 is 28.2 Å². The second-order valence-corrected chi connectivity index (χ2v) is 6.25. The summed E-state index contributed by atoms with van der Waals surface area (Å²) in [5.41, 5.74) is 8.73. The number of aromatic nitrogens is 1. The molecule has 3 N–H and O–H groups in total. The number of nitrogens with two attached hydrogens (primary N) is 1. The van der Waals surface area contributed by atoms with Gasteiger partial charge in [-0.05, 0) is 30.3 Å². The quantitative estimate of drug-likeness (QED) is 0.706. The van der Waals surface area contributed by atoms with E-state index >= 15 is 0 Å². The zero-order valence-corrected chi connectivity index (χ0v) is 13.7. The molecule has 0 radical (unpaired) electrons. The lowest BCUT2D eigenvalue weighted by molar-refractivity contribution is 0.0742. The van der Waals surface area contributed by atoms with Gasteiger partial charge >= 0.3 is 0 Å². The summed E-state index contributed by atoms with van der Waals surface area (Å²) in [5.74, 6) is -0.336. The van der Waals surface area contributed by atoms with E-state index in [4.69, 9.17) is 5.73 Å². The van der Waals surface area contributed by atoms with E-state index in [1.54, 1.807) is 6.07 Å². The molecule has 128 valence electrons. The van der Waals surface area contributed by atoms with Crippen molar-refractivity contribution < 1.29 is 9.18 Å². The molecule has 3 aromatic rings. The maximum atomic E-state index is 13.2. The van der Waals surface area contributed by atoms with Gasteiger partial charge in [0, 0.05) is 37.1 Å². The summed E-state index contributed by atoms with van der Waals surface area (Å²) < 4.78 is 13.2. The second-order valence-electron chi connectivity index (χ2n) is 6.25. The number of nitrogens with zero attached hydrogens (tertiary/aromatic N) is 2. The SMILES string of the molecule is Nc1cc(F)ccc1N1CCN(C(=O)c2cc3ccccc3[nH]2)CC1. The molecule has 1 amide bonds. The molecule has 1 saturated heterocycles. The summed E-state index contributed by atoms with van der Waals surface area (Å²) >= 11 is 0. The molecule has 1 fully saturated rings. The number of piperazine rings is 1. The number of anilines is 2. The first-order chi connectivity index (χ1) is 12.1. The number of hydrogen-bond donors (Lipinski definition) is 2. The van der Waals surface area contributed by atoms with Crippen LogP contribution in [0.4, 0.5) is 15.8 Å². The van der Waals surface area contributed by atoms with Gasteiger partial charge in [0.05, 0.1) is 11.4 Å². The summed E-state index contributed by atoms with van der Waals surface area (Å²) in [7, 11) is 0. The van der Waals surface area contributed by atoms with Crippen molar-refractivity contribution in [1.29, 1.82) is 0 Å². The van der Waals surface area contributed by atoms with Crippen LogP contribution in [0.2, 0.25) is 0 Å². The van der Waals surface area contributed by atoms with Crippen molar-refractivity contribution in [2.75, 3.05) is 36.8 Å². The monoisotopic (exact) mass is 338 g/mol. The molecule has 1 aliphatic heterocycles. The molecule has 0 aliphatic carbocycles. The lowest BCUT2D eigenvalue weighted by Crippen LogP contribution is -2.49. The summed E-state index contributed by atoms with van der Waals surface area (Å²) in [5, 5.41) is 1.03. The fourth-order valence-electron chi connectivity index (χ4n) is 3.32. The number of carbonyl (C=O) groups is 1. The van der Waals surface area contributed by atoms with Crippen LogP contribution in [-0.2, 0) is 0 Å². The first kappa shape index (κ1) is 15.5. The third-order valence-corrected chi connectivity index (χ3v) is 4.66. The van der Waals surface area contributed by atoms with Crippen LogP contribution in [0.15, 0.2) is 48.5 Å². The summed E-state index contributed by atoms with van der Waals surface area (Å²) in [6.07, 6.45) is 0. The number of para-hydroxylation sites is 1. The van der Waals surface area contributed by atoms with Crippen LogP contribution >= 0.6 is 0 Å². The topological polar surface area (TPSA) is 65.4 Å². The fourth-order valence-corrected chi connectivity index (χ4v) is 3.32. The van der Waals surface area contributed by atoms with Crippen molar-refractivity contribution in [1.82, 2.24) is 9.88 Å². The maximum Gasteiger partial charge on any atom is 0.270 e. The smallest absolute Gasteiger partial charge is 0.270 e. The van der Waals surface area contributed by atoms with Crippen LogP contribution < -0.4 is 10.6 Å². The first-order valence-corrected chi connectivity index (χ1v) is 8.29. The van der Waals surface area contributed by atoms with Crippen molar-refractivity contribution in [3.05, 3.63) is 60.0 Å². The Morgan fingerprint density at radius 2 is 1.80 bits per heavy atom. The van der Waals surface area contributed by atoms with E-state index in [-0.39, 0.29) is 11.7 Å². The molecule has 0 bridgehead atoms. The number of benzene rings is 2. The normalized spacial score (nSPS) is 14.9. The number of hydrogen-bond acceptors (Lipinski definition) is 3. The molecule has 0 unspecified atom stereocenters. The van der Waals surface area contributed by atoms with Gasteiger partial charge < -0.3 is 20.5 Å². The standard InChI is InChI=1S/C19H19FN4O/c20-14-5-6-18(15(21)12-14)23-7-9-24(10-8-23)19(25)17-11-13-3-1-2-4-16(13)22-17/h1-6,11-12,22H,7-10,21H2. The number of fused-ring (bicyclic) bond motifs is 1. The summed E-state index contributed by atoms with van der Waals surface area (Å²) in [6, 6.07) is 14.2.